The van der Waals surface area contributed by atoms with Crippen LogP contribution in [-0.2, 0) is 17.5 Å². The second-order valence-corrected chi connectivity index (χ2v) is 7.14. The lowest BCUT2D eigenvalue weighted by Crippen LogP contribution is -2.38. The Morgan fingerprint density at radius 2 is 1.73 bits per heavy atom. The average Bonchev–Trinajstić information content (AvgIpc) is 2.71. The standard InChI is InChI=1S/C23H19F3N2O2/c1-15-5-7-16(8-6-15)13-28-20-12-19(9-10-21(20)30-14-22(28)29)27-18-4-2-3-17(11-18)23(24,25)26/h2-12,27H,13-14H2,1H3. The first kappa shape index (κ1) is 19.8. The predicted molar refractivity (Wildman–Crippen MR) is 109 cm³/mol. The van der Waals surface area contributed by atoms with Gasteiger partial charge in [0.25, 0.3) is 5.91 Å². The van der Waals surface area contributed by atoms with E-state index in [0.29, 0.717) is 29.4 Å². The van der Waals surface area contributed by atoms with Crippen LogP contribution in [0.5, 0.6) is 5.75 Å². The number of nitrogens with one attached hydrogen (secondary N) is 1. The monoisotopic (exact) mass is 412 g/mol. The van der Waals surface area contributed by atoms with E-state index in [4.69, 9.17) is 4.74 Å². The van der Waals surface area contributed by atoms with Crippen molar-refractivity contribution in [2.45, 2.75) is 19.6 Å². The van der Waals surface area contributed by atoms with Gasteiger partial charge in [0.1, 0.15) is 5.75 Å². The zero-order valence-corrected chi connectivity index (χ0v) is 16.2. The molecule has 0 atom stereocenters. The maximum atomic E-state index is 13.0. The largest absolute Gasteiger partial charge is 0.482 e. The number of fused-ring (bicyclic) bond motifs is 1. The SMILES string of the molecule is Cc1ccc(CN2C(=O)COc3ccc(Nc4cccc(C(F)(F)F)c4)cc32)cc1. The van der Waals surface area contributed by atoms with E-state index >= 15 is 0 Å². The average molecular weight is 412 g/mol. The summed E-state index contributed by atoms with van der Waals surface area (Å²) in [7, 11) is 0. The Morgan fingerprint density at radius 1 is 1.00 bits per heavy atom. The van der Waals surface area contributed by atoms with Crippen molar-refractivity contribution in [3.8, 4) is 5.75 Å². The molecular weight excluding hydrogens is 393 g/mol. The third kappa shape index (κ3) is 4.25. The maximum absolute atomic E-state index is 13.0. The number of nitrogens with zero attached hydrogens (tertiary/aromatic N) is 1. The molecule has 3 aromatic rings. The quantitative estimate of drug-likeness (QED) is 0.599. The summed E-state index contributed by atoms with van der Waals surface area (Å²) < 4.78 is 44.4. The highest BCUT2D eigenvalue weighted by atomic mass is 19.4. The third-order valence-corrected chi connectivity index (χ3v) is 4.84. The van der Waals surface area contributed by atoms with Crippen molar-refractivity contribution in [2.75, 3.05) is 16.8 Å². The van der Waals surface area contributed by atoms with E-state index < -0.39 is 11.7 Å². The highest BCUT2D eigenvalue weighted by molar-refractivity contribution is 5.98. The van der Waals surface area contributed by atoms with Crippen LogP contribution in [0.25, 0.3) is 0 Å². The van der Waals surface area contributed by atoms with Crippen LogP contribution < -0.4 is 15.0 Å². The molecule has 3 aromatic carbocycles. The van der Waals surface area contributed by atoms with Gasteiger partial charge in [-0.15, -0.1) is 0 Å². The summed E-state index contributed by atoms with van der Waals surface area (Å²) in [5.41, 5.74) is 2.80. The summed E-state index contributed by atoms with van der Waals surface area (Å²) in [6, 6.07) is 18.0. The smallest absolute Gasteiger partial charge is 0.416 e. The van der Waals surface area contributed by atoms with Crippen molar-refractivity contribution >= 4 is 23.0 Å². The van der Waals surface area contributed by atoms with Crippen LogP contribution in [0.3, 0.4) is 0 Å². The number of aryl methyl sites for hydroxylation is 1. The van der Waals surface area contributed by atoms with Crippen molar-refractivity contribution in [1.29, 1.82) is 0 Å². The normalized spacial score (nSPS) is 13.6. The number of carbonyl (C=O) groups is 1. The summed E-state index contributed by atoms with van der Waals surface area (Å²) in [6.07, 6.45) is -4.42. The van der Waals surface area contributed by atoms with Gasteiger partial charge in [0.2, 0.25) is 0 Å². The van der Waals surface area contributed by atoms with Gasteiger partial charge in [-0.1, -0.05) is 35.9 Å². The van der Waals surface area contributed by atoms with Crippen LogP contribution in [0.4, 0.5) is 30.2 Å². The molecule has 7 heteroatoms. The lowest BCUT2D eigenvalue weighted by atomic mass is 10.1. The van der Waals surface area contributed by atoms with Crippen molar-refractivity contribution < 1.29 is 22.7 Å². The van der Waals surface area contributed by atoms with E-state index in [-0.39, 0.29) is 12.5 Å². The second kappa shape index (κ2) is 7.74. The third-order valence-electron chi connectivity index (χ3n) is 4.84. The van der Waals surface area contributed by atoms with Gasteiger partial charge in [-0.2, -0.15) is 13.2 Å². The van der Waals surface area contributed by atoms with Crippen LogP contribution in [0.2, 0.25) is 0 Å². The number of rotatable bonds is 4. The minimum absolute atomic E-state index is 0.0563. The van der Waals surface area contributed by atoms with Crippen LogP contribution in [0.1, 0.15) is 16.7 Å². The molecule has 0 fully saturated rings. The molecule has 0 aliphatic carbocycles. The Labute approximate surface area is 171 Å². The number of anilines is 3. The second-order valence-electron chi connectivity index (χ2n) is 7.14. The first-order chi connectivity index (χ1) is 14.3. The minimum atomic E-state index is -4.42. The zero-order chi connectivity index (χ0) is 21.3. The number of alkyl halides is 3. The fourth-order valence-electron chi connectivity index (χ4n) is 3.27. The zero-order valence-electron chi connectivity index (χ0n) is 16.2. The molecule has 1 N–H and O–H groups in total. The van der Waals surface area contributed by atoms with Gasteiger partial charge in [-0.25, -0.2) is 0 Å². The van der Waals surface area contributed by atoms with E-state index in [1.807, 2.05) is 31.2 Å². The van der Waals surface area contributed by atoms with Crippen LogP contribution in [-0.4, -0.2) is 12.5 Å². The van der Waals surface area contributed by atoms with Crippen LogP contribution in [0.15, 0.2) is 66.7 Å². The summed E-state index contributed by atoms with van der Waals surface area (Å²) >= 11 is 0. The Morgan fingerprint density at radius 3 is 2.47 bits per heavy atom. The molecular formula is C23H19F3N2O2. The summed E-state index contributed by atoms with van der Waals surface area (Å²) in [4.78, 5) is 14.1. The number of hydrogen-bond acceptors (Lipinski definition) is 3. The van der Waals surface area contributed by atoms with Crippen molar-refractivity contribution in [3.05, 3.63) is 83.4 Å². The summed E-state index contributed by atoms with van der Waals surface area (Å²) in [5, 5.41) is 2.98. The Bertz CT molecular complexity index is 1080. The molecule has 0 radical (unpaired) electrons. The lowest BCUT2D eigenvalue weighted by Gasteiger charge is -2.30. The van der Waals surface area contributed by atoms with Gasteiger partial charge in [0.05, 0.1) is 17.8 Å². The van der Waals surface area contributed by atoms with E-state index in [9.17, 15) is 18.0 Å². The highest BCUT2D eigenvalue weighted by Crippen LogP contribution is 2.37. The van der Waals surface area contributed by atoms with Crippen LogP contribution >= 0.6 is 0 Å². The van der Waals surface area contributed by atoms with Gasteiger partial charge in [0.15, 0.2) is 6.61 Å². The molecule has 0 unspecified atom stereocenters. The first-order valence-electron chi connectivity index (χ1n) is 9.37. The summed E-state index contributed by atoms with van der Waals surface area (Å²) in [5.74, 6) is 0.371. The number of carbonyl (C=O) groups excluding carboxylic acids is 1. The van der Waals surface area contributed by atoms with Gasteiger partial charge in [-0.05, 0) is 48.9 Å². The molecule has 4 nitrogen and oxygen atoms in total. The van der Waals surface area contributed by atoms with E-state index in [1.165, 1.54) is 6.07 Å². The van der Waals surface area contributed by atoms with Gasteiger partial charge < -0.3 is 15.0 Å². The molecule has 154 valence electrons. The minimum Gasteiger partial charge on any atom is -0.482 e. The molecule has 0 saturated carbocycles. The number of ether oxygens (including phenoxy) is 1. The van der Waals surface area contributed by atoms with Gasteiger partial charge in [-0.3, -0.25) is 4.79 Å². The molecule has 0 aromatic heterocycles. The Balaban J connectivity index is 1.62. The van der Waals surface area contributed by atoms with Crippen molar-refractivity contribution in [3.63, 3.8) is 0 Å². The maximum Gasteiger partial charge on any atom is 0.416 e. The predicted octanol–water partition coefficient (Wildman–Crippen LogP) is 5.68. The topological polar surface area (TPSA) is 41.6 Å². The fraction of sp³-hybridized carbons (Fsp3) is 0.174. The Hall–Kier alpha value is -3.48. The molecule has 0 spiro atoms. The number of amides is 1. The molecule has 1 aliphatic rings. The van der Waals surface area contributed by atoms with Crippen molar-refractivity contribution in [2.24, 2.45) is 0 Å². The number of hydrogen-bond donors (Lipinski definition) is 1. The molecule has 1 amide bonds. The number of halogens is 3. The fourth-order valence-corrected chi connectivity index (χ4v) is 3.27. The number of benzene rings is 3. The molecule has 0 saturated heterocycles. The van der Waals surface area contributed by atoms with Crippen LogP contribution in [0, 0.1) is 6.92 Å². The van der Waals surface area contributed by atoms with E-state index in [1.54, 1.807) is 29.2 Å². The van der Waals surface area contributed by atoms with E-state index in [2.05, 4.69) is 5.32 Å². The molecule has 4 rings (SSSR count). The molecule has 1 aliphatic heterocycles. The molecule has 0 bridgehead atoms. The van der Waals surface area contributed by atoms with E-state index in [0.717, 1.165) is 23.3 Å². The summed E-state index contributed by atoms with van der Waals surface area (Å²) in [6.45, 7) is 2.31. The highest BCUT2D eigenvalue weighted by Gasteiger charge is 2.30. The van der Waals surface area contributed by atoms with Gasteiger partial charge in [0, 0.05) is 11.4 Å². The Kier molecular flexibility index (Phi) is 5.11. The first-order valence-corrected chi connectivity index (χ1v) is 9.37. The lowest BCUT2D eigenvalue weighted by molar-refractivity contribution is -0.137. The molecule has 1 heterocycles. The van der Waals surface area contributed by atoms with Crippen molar-refractivity contribution in [1.82, 2.24) is 0 Å². The van der Waals surface area contributed by atoms with Gasteiger partial charge >= 0.3 is 6.18 Å². The molecule has 30 heavy (non-hydrogen) atoms.